The van der Waals surface area contributed by atoms with Crippen molar-refractivity contribution in [3.63, 3.8) is 0 Å². The molecule has 1 aliphatic heterocycles. The molecule has 1 saturated heterocycles. The quantitative estimate of drug-likeness (QED) is 0.734. The molecule has 0 aromatic heterocycles. The number of nitrogens with zero attached hydrogens (tertiary/aromatic N) is 1. The minimum atomic E-state index is -0.436. The van der Waals surface area contributed by atoms with Crippen LogP contribution in [-0.4, -0.2) is 31.1 Å². The van der Waals surface area contributed by atoms with E-state index in [1.54, 1.807) is 0 Å². The van der Waals surface area contributed by atoms with Gasteiger partial charge in [-0.2, -0.15) is 0 Å². The molecule has 2 aliphatic rings. The monoisotopic (exact) mass is 416 g/mol. The Morgan fingerprint density at radius 2 is 1.82 bits per heavy atom. The minimum absolute atomic E-state index is 0. The molecule has 3 rings (SSSR count). The molecule has 0 spiro atoms. The van der Waals surface area contributed by atoms with Crippen LogP contribution in [0, 0.1) is 17.6 Å². The number of halogens is 5. The van der Waals surface area contributed by atoms with Crippen molar-refractivity contribution in [3.8, 4) is 0 Å². The Balaban J connectivity index is 0.00000121. The van der Waals surface area contributed by atoms with Crippen molar-refractivity contribution in [2.24, 2.45) is 5.92 Å². The highest BCUT2D eigenvalue weighted by Crippen LogP contribution is 2.42. The van der Waals surface area contributed by atoms with Crippen LogP contribution in [0.3, 0.4) is 0 Å². The Morgan fingerprint density at radius 1 is 1.18 bits per heavy atom. The smallest absolute Gasteiger partial charge is 0.145 e. The highest BCUT2D eigenvalue weighted by Gasteiger charge is 2.33. The van der Waals surface area contributed by atoms with Crippen LogP contribution in [-0.2, 0) is 0 Å². The van der Waals surface area contributed by atoms with E-state index < -0.39 is 11.6 Å². The van der Waals surface area contributed by atoms with Crippen LogP contribution < -0.4 is 5.32 Å². The summed E-state index contributed by atoms with van der Waals surface area (Å²) < 4.78 is 29.0. The molecule has 126 valence electrons. The maximum atomic E-state index is 14.4. The van der Waals surface area contributed by atoms with Crippen molar-refractivity contribution in [2.75, 3.05) is 26.2 Å². The Labute approximate surface area is 151 Å². The zero-order valence-electron chi connectivity index (χ0n) is 12.2. The van der Waals surface area contributed by atoms with Gasteiger partial charge in [-0.15, -0.1) is 24.8 Å². The van der Waals surface area contributed by atoms with E-state index in [9.17, 15) is 8.78 Å². The molecule has 1 heterocycles. The third-order valence-electron chi connectivity index (χ3n) is 4.26. The molecule has 1 N–H and O–H groups in total. The van der Waals surface area contributed by atoms with Crippen molar-refractivity contribution in [1.29, 1.82) is 0 Å². The second kappa shape index (κ2) is 8.78. The number of hydrogen-bond acceptors (Lipinski definition) is 2. The van der Waals surface area contributed by atoms with Gasteiger partial charge in [-0.05, 0) is 40.4 Å². The van der Waals surface area contributed by atoms with E-state index in [-0.39, 0.29) is 36.4 Å². The van der Waals surface area contributed by atoms with Crippen LogP contribution in [0.1, 0.15) is 30.9 Å². The number of piperazine rings is 1. The molecule has 1 aliphatic carbocycles. The van der Waals surface area contributed by atoms with Gasteiger partial charge in [-0.1, -0.05) is 12.8 Å². The van der Waals surface area contributed by atoms with Gasteiger partial charge in [-0.3, -0.25) is 4.90 Å². The van der Waals surface area contributed by atoms with Gasteiger partial charge in [0, 0.05) is 37.8 Å². The topological polar surface area (TPSA) is 15.3 Å². The summed E-state index contributed by atoms with van der Waals surface area (Å²) in [6, 6.07) is 2.67. The lowest BCUT2D eigenvalue weighted by Gasteiger charge is -2.35. The molecule has 1 atom stereocenters. The first kappa shape index (κ1) is 20.1. The van der Waals surface area contributed by atoms with Gasteiger partial charge in [0.1, 0.15) is 11.6 Å². The second-order valence-corrected chi connectivity index (χ2v) is 6.59. The SMILES string of the molecule is Cl.Cl.Fc1ccc(Br)c(F)c1[C@H](CC1CC1)N1CCNCC1. The summed E-state index contributed by atoms with van der Waals surface area (Å²) in [4.78, 5) is 2.22. The van der Waals surface area contributed by atoms with E-state index in [1.807, 2.05) is 0 Å². The number of rotatable bonds is 4. The fourth-order valence-electron chi connectivity index (χ4n) is 2.96. The molecule has 7 heteroatoms. The molecule has 2 nitrogen and oxygen atoms in total. The van der Waals surface area contributed by atoms with E-state index in [4.69, 9.17) is 0 Å². The predicted molar refractivity (Wildman–Crippen MR) is 93.1 cm³/mol. The van der Waals surface area contributed by atoms with Crippen LogP contribution in [0.25, 0.3) is 0 Å². The highest BCUT2D eigenvalue weighted by atomic mass is 79.9. The molecule has 0 amide bonds. The van der Waals surface area contributed by atoms with E-state index in [0.717, 1.165) is 32.6 Å². The first-order chi connectivity index (χ1) is 9.66. The van der Waals surface area contributed by atoms with Crippen molar-refractivity contribution in [1.82, 2.24) is 10.2 Å². The second-order valence-electron chi connectivity index (χ2n) is 5.74. The fourth-order valence-corrected chi connectivity index (χ4v) is 3.31. The zero-order chi connectivity index (χ0) is 14.1. The molecule has 22 heavy (non-hydrogen) atoms. The fraction of sp³-hybridized carbons (Fsp3) is 0.600. The molecule has 1 aromatic rings. The van der Waals surface area contributed by atoms with Crippen LogP contribution in [0.5, 0.6) is 0 Å². The minimum Gasteiger partial charge on any atom is -0.314 e. The third kappa shape index (κ3) is 4.54. The lowest BCUT2D eigenvalue weighted by atomic mass is 9.97. The average Bonchev–Trinajstić information content (AvgIpc) is 3.27. The van der Waals surface area contributed by atoms with Gasteiger partial charge >= 0.3 is 0 Å². The van der Waals surface area contributed by atoms with E-state index in [1.165, 1.54) is 25.0 Å². The van der Waals surface area contributed by atoms with E-state index in [0.29, 0.717) is 10.4 Å². The van der Waals surface area contributed by atoms with E-state index >= 15 is 0 Å². The summed E-state index contributed by atoms with van der Waals surface area (Å²) in [5.41, 5.74) is 0.244. The lowest BCUT2D eigenvalue weighted by Crippen LogP contribution is -2.45. The number of benzene rings is 1. The van der Waals surface area contributed by atoms with Crippen LogP contribution in [0.4, 0.5) is 8.78 Å². The summed E-state index contributed by atoms with van der Waals surface area (Å²) >= 11 is 3.18. The average molecular weight is 418 g/mol. The van der Waals surface area contributed by atoms with E-state index in [2.05, 4.69) is 26.1 Å². The van der Waals surface area contributed by atoms with Gasteiger partial charge in [0.15, 0.2) is 0 Å². The summed E-state index contributed by atoms with van der Waals surface area (Å²) in [6.07, 6.45) is 3.25. The van der Waals surface area contributed by atoms with Crippen molar-refractivity contribution < 1.29 is 8.78 Å². The molecular weight excluding hydrogens is 397 g/mol. The summed E-state index contributed by atoms with van der Waals surface area (Å²) in [5, 5.41) is 3.29. The Hall–Kier alpha value is 0.0600. The van der Waals surface area contributed by atoms with Gasteiger partial charge in [0.25, 0.3) is 0 Å². The summed E-state index contributed by atoms with van der Waals surface area (Å²) in [7, 11) is 0. The van der Waals surface area contributed by atoms with Crippen molar-refractivity contribution in [3.05, 3.63) is 33.8 Å². The molecule has 0 bridgehead atoms. The molecule has 1 saturated carbocycles. The summed E-state index contributed by atoms with van der Waals surface area (Å²) in [6.45, 7) is 3.47. The van der Waals surface area contributed by atoms with Crippen LogP contribution >= 0.6 is 40.7 Å². The zero-order valence-corrected chi connectivity index (χ0v) is 15.4. The molecule has 0 radical (unpaired) electrons. The standard InChI is InChI=1S/C15H19BrF2N2.2ClH/c16-11-3-4-12(17)14(15(11)18)13(9-10-1-2-10)20-7-5-19-6-8-20;;/h3-4,10,13,19H,1-2,5-9H2;2*1H/t13-;;/m0../s1. The van der Waals surface area contributed by atoms with Crippen molar-refractivity contribution >= 4 is 40.7 Å². The highest BCUT2D eigenvalue weighted by molar-refractivity contribution is 9.10. The van der Waals surface area contributed by atoms with Gasteiger partial charge in [-0.25, -0.2) is 8.78 Å². The lowest BCUT2D eigenvalue weighted by molar-refractivity contribution is 0.154. The third-order valence-corrected chi connectivity index (χ3v) is 4.87. The normalized spacial score (nSPS) is 20.0. The Bertz CT molecular complexity index is 495. The Kier molecular flexibility index (Phi) is 8.03. The molecule has 2 fully saturated rings. The molecular formula is C15H21BrCl2F2N2. The van der Waals surface area contributed by atoms with Crippen LogP contribution in [0.2, 0.25) is 0 Å². The van der Waals surface area contributed by atoms with Gasteiger partial charge < -0.3 is 5.32 Å². The van der Waals surface area contributed by atoms with Crippen molar-refractivity contribution in [2.45, 2.75) is 25.3 Å². The predicted octanol–water partition coefficient (Wildman–Crippen LogP) is 4.32. The molecule has 0 unspecified atom stereocenters. The molecule has 1 aromatic carbocycles. The first-order valence-corrected chi connectivity index (χ1v) is 8.04. The largest absolute Gasteiger partial charge is 0.314 e. The Morgan fingerprint density at radius 3 is 2.41 bits per heavy atom. The van der Waals surface area contributed by atoms with Gasteiger partial charge in [0.05, 0.1) is 4.47 Å². The maximum absolute atomic E-state index is 14.4. The summed E-state index contributed by atoms with van der Waals surface area (Å²) in [5.74, 6) is -0.225. The number of hydrogen-bond donors (Lipinski definition) is 1. The maximum Gasteiger partial charge on any atom is 0.145 e. The number of nitrogens with one attached hydrogen (secondary N) is 1. The van der Waals surface area contributed by atoms with Gasteiger partial charge in [0.2, 0.25) is 0 Å². The van der Waals surface area contributed by atoms with Crippen LogP contribution in [0.15, 0.2) is 16.6 Å². The first-order valence-electron chi connectivity index (χ1n) is 7.25.